The van der Waals surface area contributed by atoms with Gasteiger partial charge < -0.3 is 9.31 Å². The highest BCUT2D eigenvalue weighted by Gasteiger charge is 2.18. The van der Waals surface area contributed by atoms with E-state index in [1.54, 1.807) is 12.2 Å². The smallest absolute Gasteiger partial charge is 0.528 e. The zero-order chi connectivity index (χ0) is 12.7. The fourth-order valence-corrected chi connectivity index (χ4v) is 1.62. The summed E-state index contributed by atoms with van der Waals surface area (Å²) in [7, 11) is 0.189. The molecular formula is C14H17BO2. The van der Waals surface area contributed by atoms with Gasteiger partial charge in [0.25, 0.3) is 0 Å². The predicted octanol–water partition coefficient (Wildman–Crippen LogP) is 3.33. The average molecular weight is 228 g/mol. The van der Waals surface area contributed by atoms with Crippen LogP contribution in [-0.4, -0.2) is 7.69 Å². The first kappa shape index (κ1) is 13.2. The maximum atomic E-state index is 5.54. The lowest BCUT2D eigenvalue weighted by atomic mass is 10.0. The third kappa shape index (κ3) is 3.03. The van der Waals surface area contributed by atoms with E-state index in [0.29, 0.717) is 0 Å². The van der Waals surface area contributed by atoms with E-state index in [4.69, 9.17) is 9.31 Å². The van der Waals surface area contributed by atoms with Crippen molar-refractivity contribution < 1.29 is 9.31 Å². The molecule has 3 heteroatoms. The standard InChI is InChI=1S/C14H17BO2/c1-5-9-13-11(7-3)12(8-4)14(10-6-2)17-15-16-13/h5-10,15H,1,4H2,2-3H3/b10-6-,11-7-,13-9+. The van der Waals surface area contributed by atoms with Crippen LogP contribution in [0.25, 0.3) is 0 Å². The van der Waals surface area contributed by atoms with Crippen molar-refractivity contribution in [1.82, 2.24) is 0 Å². The molecule has 0 fully saturated rings. The molecule has 1 heterocycles. The summed E-state index contributed by atoms with van der Waals surface area (Å²) in [4.78, 5) is 0. The van der Waals surface area contributed by atoms with Crippen LogP contribution in [0.1, 0.15) is 13.8 Å². The summed E-state index contributed by atoms with van der Waals surface area (Å²) in [6, 6.07) is 0. The summed E-state index contributed by atoms with van der Waals surface area (Å²) < 4.78 is 11.1. The first-order chi connectivity index (χ1) is 8.28. The Labute approximate surface area is 104 Å². The van der Waals surface area contributed by atoms with Crippen LogP contribution in [-0.2, 0) is 9.31 Å². The summed E-state index contributed by atoms with van der Waals surface area (Å²) in [6.45, 7) is 11.4. The van der Waals surface area contributed by atoms with Gasteiger partial charge in [-0.3, -0.25) is 0 Å². The molecule has 2 nitrogen and oxygen atoms in total. The Kier molecular flexibility index (Phi) is 5.14. The second-order valence-corrected chi connectivity index (χ2v) is 3.36. The van der Waals surface area contributed by atoms with E-state index in [9.17, 15) is 0 Å². The van der Waals surface area contributed by atoms with Crippen molar-refractivity contribution in [2.24, 2.45) is 0 Å². The van der Waals surface area contributed by atoms with Crippen molar-refractivity contribution in [2.45, 2.75) is 13.8 Å². The molecule has 1 aliphatic rings. The van der Waals surface area contributed by atoms with Crippen LogP contribution in [0.15, 0.2) is 72.3 Å². The Morgan fingerprint density at radius 3 is 2.47 bits per heavy atom. The molecule has 0 saturated carbocycles. The molecule has 17 heavy (non-hydrogen) atoms. The Morgan fingerprint density at radius 1 is 1.18 bits per heavy atom. The highest BCUT2D eigenvalue weighted by Crippen LogP contribution is 2.28. The molecule has 0 unspecified atom stereocenters. The predicted molar refractivity (Wildman–Crippen MR) is 73.4 cm³/mol. The summed E-state index contributed by atoms with van der Waals surface area (Å²) in [5.74, 6) is 1.51. The molecule has 0 aliphatic carbocycles. The minimum atomic E-state index is 0.189. The molecule has 1 aliphatic heterocycles. The lowest BCUT2D eigenvalue weighted by molar-refractivity contribution is 0.348. The second kappa shape index (κ2) is 6.64. The molecule has 0 amide bonds. The van der Waals surface area contributed by atoms with Gasteiger partial charge in [0, 0.05) is 11.1 Å². The van der Waals surface area contributed by atoms with E-state index in [0.717, 1.165) is 22.7 Å². The Hall–Kier alpha value is -1.90. The molecule has 0 radical (unpaired) electrons. The molecule has 0 bridgehead atoms. The van der Waals surface area contributed by atoms with Gasteiger partial charge in [0.2, 0.25) is 0 Å². The van der Waals surface area contributed by atoms with E-state index in [1.807, 2.05) is 38.2 Å². The van der Waals surface area contributed by atoms with E-state index in [-0.39, 0.29) is 7.69 Å². The second-order valence-electron chi connectivity index (χ2n) is 3.36. The third-order valence-electron chi connectivity index (χ3n) is 2.33. The van der Waals surface area contributed by atoms with Gasteiger partial charge in [-0.05, 0) is 26.0 Å². The van der Waals surface area contributed by atoms with Crippen LogP contribution in [0.3, 0.4) is 0 Å². The van der Waals surface area contributed by atoms with Gasteiger partial charge in [-0.1, -0.05) is 37.5 Å². The third-order valence-corrected chi connectivity index (χ3v) is 2.33. The molecule has 0 atom stereocenters. The van der Waals surface area contributed by atoms with Crippen molar-refractivity contribution in [1.29, 1.82) is 0 Å². The minimum Gasteiger partial charge on any atom is -0.528 e. The van der Waals surface area contributed by atoms with Crippen LogP contribution in [0, 0.1) is 0 Å². The van der Waals surface area contributed by atoms with E-state index < -0.39 is 0 Å². The Balaban J connectivity index is 3.34. The molecule has 0 aromatic rings. The van der Waals surface area contributed by atoms with E-state index in [1.165, 1.54) is 0 Å². The monoisotopic (exact) mass is 228 g/mol. The Bertz CT molecular complexity index is 426. The van der Waals surface area contributed by atoms with Crippen molar-refractivity contribution in [3.63, 3.8) is 0 Å². The van der Waals surface area contributed by atoms with Gasteiger partial charge in [-0.25, -0.2) is 0 Å². The quantitative estimate of drug-likeness (QED) is 0.689. The maximum absolute atomic E-state index is 5.54. The fourth-order valence-electron chi connectivity index (χ4n) is 1.62. The molecule has 0 aromatic carbocycles. The molecule has 1 rings (SSSR count). The molecular weight excluding hydrogens is 211 g/mol. The zero-order valence-electron chi connectivity index (χ0n) is 10.4. The van der Waals surface area contributed by atoms with E-state index in [2.05, 4.69) is 13.2 Å². The lowest BCUT2D eigenvalue weighted by Gasteiger charge is -2.09. The SMILES string of the molecule is C=C/C=C1OBOC(/C=C\C)=C(C=C)C/1=C/C. The van der Waals surface area contributed by atoms with Gasteiger partial charge >= 0.3 is 7.69 Å². The van der Waals surface area contributed by atoms with Gasteiger partial charge in [0.1, 0.15) is 11.5 Å². The van der Waals surface area contributed by atoms with Crippen LogP contribution in [0.2, 0.25) is 0 Å². The van der Waals surface area contributed by atoms with E-state index >= 15 is 0 Å². The number of rotatable bonds is 3. The summed E-state index contributed by atoms with van der Waals surface area (Å²) in [5, 5.41) is 0. The summed E-state index contributed by atoms with van der Waals surface area (Å²) in [5.41, 5.74) is 1.89. The number of hydrogen-bond donors (Lipinski definition) is 0. The zero-order valence-corrected chi connectivity index (χ0v) is 10.4. The largest absolute Gasteiger partial charge is 0.576 e. The summed E-state index contributed by atoms with van der Waals surface area (Å²) in [6.07, 6.45) is 11.1. The molecule has 0 N–H and O–H groups in total. The number of allylic oxidation sites excluding steroid dienone is 7. The van der Waals surface area contributed by atoms with Crippen molar-refractivity contribution >= 4 is 7.69 Å². The molecule has 0 aromatic heterocycles. The van der Waals surface area contributed by atoms with Gasteiger partial charge in [0.05, 0.1) is 0 Å². The fraction of sp³-hybridized carbons (Fsp3) is 0.143. The average Bonchev–Trinajstić information content (AvgIpc) is 2.49. The van der Waals surface area contributed by atoms with Gasteiger partial charge in [0.15, 0.2) is 0 Å². The Morgan fingerprint density at radius 2 is 1.94 bits per heavy atom. The lowest BCUT2D eigenvalue weighted by Crippen LogP contribution is -2.00. The van der Waals surface area contributed by atoms with Crippen LogP contribution in [0.5, 0.6) is 0 Å². The first-order valence-corrected chi connectivity index (χ1v) is 5.53. The van der Waals surface area contributed by atoms with Crippen molar-refractivity contribution in [3.05, 3.63) is 72.3 Å². The molecule has 0 spiro atoms. The van der Waals surface area contributed by atoms with Crippen LogP contribution < -0.4 is 0 Å². The van der Waals surface area contributed by atoms with Gasteiger partial charge in [-0.15, -0.1) is 0 Å². The highest BCUT2D eigenvalue weighted by atomic mass is 16.6. The normalized spacial score (nSPS) is 20.8. The number of hydrogen-bond acceptors (Lipinski definition) is 2. The molecule has 88 valence electrons. The van der Waals surface area contributed by atoms with Crippen molar-refractivity contribution in [3.8, 4) is 0 Å². The van der Waals surface area contributed by atoms with Crippen LogP contribution >= 0.6 is 0 Å². The maximum Gasteiger partial charge on any atom is 0.576 e. The van der Waals surface area contributed by atoms with Crippen molar-refractivity contribution in [2.75, 3.05) is 0 Å². The summed E-state index contributed by atoms with van der Waals surface area (Å²) >= 11 is 0. The van der Waals surface area contributed by atoms with Crippen LogP contribution in [0.4, 0.5) is 0 Å². The minimum absolute atomic E-state index is 0.189. The topological polar surface area (TPSA) is 18.5 Å². The first-order valence-electron chi connectivity index (χ1n) is 5.53. The van der Waals surface area contributed by atoms with Gasteiger partial charge in [-0.2, -0.15) is 0 Å². The highest BCUT2D eigenvalue weighted by molar-refractivity contribution is 6.19. The molecule has 0 saturated heterocycles.